The number of hydrogen-bond donors (Lipinski definition) is 0. The van der Waals surface area contributed by atoms with Crippen LogP contribution < -0.4 is 0 Å². The van der Waals surface area contributed by atoms with Gasteiger partial charge in [-0.3, -0.25) is 0 Å². The molecular formula is C5H9F2S. The van der Waals surface area contributed by atoms with E-state index in [0.29, 0.717) is 17.5 Å². The molecule has 0 saturated carbocycles. The van der Waals surface area contributed by atoms with Crippen LogP contribution in [0.5, 0.6) is 0 Å². The molecule has 0 bridgehead atoms. The van der Waals surface area contributed by atoms with E-state index in [1.807, 2.05) is 0 Å². The predicted molar refractivity (Wildman–Crippen MR) is 33.1 cm³/mol. The fourth-order valence-corrected chi connectivity index (χ4v) is 0.823. The third-order valence-electron chi connectivity index (χ3n) is 0.638. The quantitative estimate of drug-likeness (QED) is 0.539. The highest BCUT2D eigenvalue weighted by atomic mass is 32.2. The van der Waals surface area contributed by atoms with Crippen molar-refractivity contribution < 1.29 is 8.78 Å². The fraction of sp³-hybridized carbons (Fsp3) is 0.800. The lowest BCUT2D eigenvalue weighted by Crippen LogP contribution is -1.84. The molecule has 0 aromatic carbocycles. The number of hydrogen-bond acceptors (Lipinski definition) is 1. The smallest absolute Gasteiger partial charge is 0.198 e. The number of rotatable bonds is 4. The highest BCUT2D eigenvalue weighted by Gasteiger charge is 1.99. The molecule has 1 radical (unpaired) electrons. The third-order valence-corrected chi connectivity index (χ3v) is 1.41. The summed E-state index contributed by atoms with van der Waals surface area (Å²) in [4.78, 5) is 0. The second-order valence-electron chi connectivity index (χ2n) is 1.34. The van der Waals surface area contributed by atoms with Crippen molar-refractivity contribution >= 4 is 11.8 Å². The van der Waals surface area contributed by atoms with Gasteiger partial charge in [-0.25, -0.2) is 0 Å². The minimum Gasteiger partial charge on any atom is -0.198 e. The zero-order chi connectivity index (χ0) is 6.41. The Kier molecular flexibility index (Phi) is 5.49. The average Bonchev–Trinajstić information content (AvgIpc) is 1.66. The van der Waals surface area contributed by atoms with Crippen LogP contribution in [-0.4, -0.2) is 11.5 Å². The number of thioether (sulfide) groups is 1. The molecule has 49 valence electrons. The van der Waals surface area contributed by atoms with Crippen molar-refractivity contribution in [3.63, 3.8) is 0 Å². The zero-order valence-corrected chi connectivity index (χ0v) is 5.39. The van der Waals surface area contributed by atoms with Crippen molar-refractivity contribution in [1.82, 2.24) is 0 Å². The molecule has 0 amide bonds. The van der Waals surface area contributed by atoms with Gasteiger partial charge in [-0.05, 0) is 12.2 Å². The SMILES string of the molecule is [CH2]CCCSC(F)F. The summed E-state index contributed by atoms with van der Waals surface area (Å²) >= 11 is 0.682. The van der Waals surface area contributed by atoms with Gasteiger partial charge in [0.2, 0.25) is 0 Å². The Hall–Kier alpha value is 0.210. The van der Waals surface area contributed by atoms with Crippen LogP contribution in [-0.2, 0) is 0 Å². The summed E-state index contributed by atoms with van der Waals surface area (Å²) in [5.74, 6) is -1.68. The van der Waals surface area contributed by atoms with Crippen molar-refractivity contribution in [2.45, 2.75) is 18.6 Å². The Morgan fingerprint density at radius 3 is 2.50 bits per heavy atom. The molecule has 3 heteroatoms. The van der Waals surface area contributed by atoms with Crippen molar-refractivity contribution in [1.29, 1.82) is 0 Å². The van der Waals surface area contributed by atoms with Crippen molar-refractivity contribution in [3.05, 3.63) is 6.92 Å². The van der Waals surface area contributed by atoms with Gasteiger partial charge in [0.05, 0.1) is 0 Å². The monoisotopic (exact) mass is 139 g/mol. The van der Waals surface area contributed by atoms with Crippen LogP contribution in [0.25, 0.3) is 0 Å². The van der Waals surface area contributed by atoms with Crippen LogP contribution in [0.15, 0.2) is 0 Å². The lowest BCUT2D eigenvalue weighted by atomic mass is 10.4. The van der Waals surface area contributed by atoms with Crippen molar-refractivity contribution in [3.8, 4) is 0 Å². The third kappa shape index (κ3) is 6.21. The van der Waals surface area contributed by atoms with Crippen LogP contribution in [0.1, 0.15) is 12.8 Å². The highest BCUT2D eigenvalue weighted by molar-refractivity contribution is 7.99. The molecule has 0 nitrogen and oxygen atoms in total. The maximum Gasteiger partial charge on any atom is 0.284 e. The van der Waals surface area contributed by atoms with Crippen molar-refractivity contribution in [2.24, 2.45) is 0 Å². The fourth-order valence-electron chi connectivity index (χ4n) is 0.274. The van der Waals surface area contributed by atoms with Gasteiger partial charge >= 0.3 is 0 Å². The Balaban J connectivity index is 2.72. The van der Waals surface area contributed by atoms with E-state index in [9.17, 15) is 8.78 Å². The molecule has 0 N–H and O–H groups in total. The van der Waals surface area contributed by atoms with E-state index in [-0.39, 0.29) is 0 Å². The minimum atomic E-state index is -2.21. The minimum absolute atomic E-state index is 0.529. The second kappa shape index (κ2) is 5.35. The average molecular weight is 139 g/mol. The molecule has 0 aromatic heterocycles. The topological polar surface area (TPSA) is 0 Å². The Labute approximate surface area is 52.7 Å². The Morgan fingerprint density at radius 1 is 1.50 bits per heavy atom. The first-order chi connectivity index (χ1) is 3.77. The number of unbranched alkanes of at least 4 members (excludes halogenated alkanes) is 1. The van der Waals surface area contributed by atoms with Crippen LogP contribution in [0.3, 0.4) is 0 Å². The van der Waals surface area contributed by atoms with E-state index in [0.717, 1.165) is 12.8 Å². The first-order valence-electron chi connectivity index (χ1n) is 2.46. The predicted octanol–water partition coefficient (Wildman–Crippen LogP) is 2.56. The van der Waals surface area contributed by atoms with Crippen molar-refractivity contribution in [2.75, 3.05) is 5.75 Å². The molecule has 0 spiro atoms. The normalized spacial score (nSPS) is 10.5. The molecule has 0 fully saturated rings. The second-order valence-corrected chi connectivity index (χ2v) is 2.44. The van der Waals surface area contributed by atoms with Gasteiger partial charge in [-0.2, -0.15) is 8.78 Å². The molecule has 0 aliphatic carbocycles. The summed E-state index contributed by atoms with van der Waals surface area (Å²) in [6.45, 7) is 3.52. The van der Waals surface area contributed by atoms with E-state index in [4.69, 9.17) is 0 Å². The summed E-state index contributed by atoms with van der Waals surface area (Å²) in [6.07, 6.45) is 1.54. The first kappa shape index (κ1) is 8.21. The van der Waals surface area contributed by atoms with E-state index < -0.39 is 5.76 Å². The molecule has 0 aliphatic heterocycles. The molecule has 0 aliphatic rings. The molecule has 0 aromatic rings. The van der Waals surface area contributed by atoms with Gasteiger partial charge in [-0.1, -0.05) is 25.1 Å². The number of alkyl halides is 2. The lowest BCUT2D eigenvalue weighted by Gasteiger charge is -1.94. The lowest BCUT2D eigenvalue weighted by molar-refractivity contribution is 0.252. The summed E-state index contributed by atoms with van der Waals surface area (Å²) < 4.78 is 22.6. The van der Waals surface area contributed by atoms with Gasteiger partial charge in [0, 0.05) is 0 Å². The maximum atomic E-state index is 11.3. The summed E-state index contributed by atoms with van der Waals surface area (Å²) in [6, 6.07) is 0. The van der Waals surface area contributed by atoms with Gasteiger partial charge < -0.3 is 0 Å². The first-order valence-corrected chi connectivity index (χ1v) is 3.51. The van der Waals surface area contributed by atoms with E-state index in [1.54, 1.807) is 0 Å². The van der Waals surface area contributed by atoms with Gasteiger partial charge in [-0.15, -0.1) is 0 Å². The van der Waals surface area contributed by atoms with E-state index in [2.05, 4.69) is 6.92 Å². The summed E-state index contributed by atoms with van der Waals surface area (Å²) in [5, 5.41) is 0. The van der Waals surface area contributed by atoms with Crippen LogP contribution in [0.4, 0.5) is 8.78 Å². The standard InChI is InChI=1S/C5H9F2S/c1-2-3-4-8-5(6)7/h5H,1-4H2. The highest BCUT2D eigenvalue weighted by Crippen LogP contribution is 2.14. The largest absolute Gasteiger partial charge is 0.284 e. The summed E-state index contributed by atoms with van der Waals surface area (Å²) in [5.41, 5.74) is 0. The molecule has 0 saturated heterocycles. The maximum absolute atomic E-state index is 11.3. The van der Waals surface area contributed by atoms with Gasteiger partial charge in [0.25, 0.3) is 5.76 Å². The summed E-state index contributed by atoms with van der Waals surface area (Å²) in [7, 11) is 0. The van der Waals surface area contributed by atoms with E-state index in [1.165, 1.54) is 0 Å². The van der Waals surface area contributed by atoms with Gasteiger partial charge in [0.15, 0.2) is 0 Å². The molecule has 8 heavy (non-hydrogen) atoms. The Morgan fingerprint density at radius 2 is 2.12 bits per heavy atom. The zero-order valence-electron chi connectivity index (χ0n) is 4.57. The molecule has 0 unspecified atom stereocenters. The molecule has 0 atom stereocenters. The van der Waals surface area contributed by atoms with Crippen LogP contribution >= 0.6 is 11.8 Å². The molecule has 0 rings (SSSR count). The number of halogens is 2. The van der Waals surface area contributed by atoms with E-state index >= 15 is 0 Å². The Bertz CT molecular complexity index is 47.7. The van der Waals surface area contributed by atoms with Gasteiger partial charge in [0.1, 0.15) is 0 Å². The van der Waals surface area contributed by atoms with Crippen LogP contribution in [0.2, 0.25) is 0 Å². The molecule has 0 heterocycles. The molecular weight excluding hydrogens is 130 g/mol. The van der Waals surface area contributed by atoms with Crippen LogP contribution in [0, 0.1) is 6.92 Å².